The second kappa shape index (κ2) is 10.3. The molecule has 1 heterocycles. The molecule has 1 N–H and O–H groups in total. The molecule has 4 rings (SSSR count). The van der Waals surface area contributed by atoms with E-state index >= 15 is 0 Å². The van der Waals surface area contributed by atoms with Crippen LogP contribution in [0.15, 0.2) is 72.8 Å². The van der Waals surface area contributed by atoms with Gasteiger partial charge in [-0.15, -0.1) is 0 Å². The highest BCUT2D eigenvalue weighted by Crippen LogP contribution is 2.19. The number of aromatic nitrogens is 2. The third-order valence-electron chi connectivity index (χ3n) is 5.35. The van der Waals surface area contributed by atoms with E-state index in [1.54, 1.807) is 12.1 Å². The number of fused-ring (bicyclic) bond motifs is 1. The number of hydrogen-bond donors (Lipinski definition) is 1. The van der Waals surface area contributed by atoms with E-state index in [2.05, 4.69) is 16.0 Å². The Morgan fingerprint density at radius 1 is 1.03 bits per heavy atom. The number of imidazole rings is 1. The second-order valence-electron chi connectivity index (χ2n) is 7.69. The summed E-state index contributed by atoms with van der Waals surface area (Å²) in [7, 11) is 0. The Kier molecular flexibility index (Phi) is 7.07. The molecule has 32 heavy (non-hydrogen) atoms. The molecule has 0 fully saturated rings. The molecule has 0 atom stereocenters. The fraction of sp³-hybridized carbons (Fsp3) is 0.231. The molecule has 164 valence electrons. The molecule has 1 amide bonds. The highest BCUT2D eigenvalue weighted by atomic mass is 35.5. The summed E-state index contributed by atoms with van der Waals surface area (Å²) in [6.07, 6.45) is 0.975. The van der Waals surface area contributed by atoms with Crippen molar-refractivity contribution in [3.8, 4) is 5.75 Å². The van der Waals surface area contributed by atoms with E-state index in [1.165, 1.54) is 0 Å². The van der Waals surface area contributed by atoms with Crippen molar-refractivity contribution in [1.29, 1.82) is 0 Å². The van der Waals surface area contributed by atoms with Crippen LogP contribution >= 0.6 is 11.6 Å². The number of para-hydroxylation sites is 3. The van der Waals surface area contributed by atoms with Gasteiger partial charge in [-0.1, -0.05) is 54.1 Å². The minimum absolute atomic E-state index is 0.0159. The maximum Gasteiger partial charge on any atom is 0.224 e. The largest absolute Gasteiger partial charge is 0.491 e. The van der Waals surface area contributed by atoms with Crippen molar-refractivity contribution in [2.45, 2.75) is 26.3 Å². The van der Waals surface area contributed by atoms with Gasteiger partial charge in [-0.05, 0) is 48.4 Å². The monoisotopic (exact) mass is 447 g/mol. The Labute approximate surface area is 193 Å². The fourth-order valence-corrected chi connectivity index (χ4v) is 3.82. The number of rotatable bonds is 9. The summed E-state index contributed by atoms with van der Waals surface area (Å²) in [5.41, 5.74) is 4.08. The number of benzene rings is 3. The van der Waals surface area contributed by atoms with Crippen LogP contribution in [-0.4, -0.2) is 28.6 Å². The number of nitrogens with one attached hydrogen (secondary N) is 1. The van der Waals surface area contributed by atoms with E-state index in [4.69, 9.17) is 21.3 Å². The lowest BCUT2D eigenvalue weighted by molar-refractivity contribution is -0.120. The molecule has 0 spiro atoms. The van der Waals surface area contributed by atoms with Gasteiger partial charge < -0.3 is 14.6 Å². The summed E-state index contributed by atoms with van der Waals surface area (Å²) in [6.45, 7) is 3.79. The van der Waals surface area contributed by atoms with Crippen molar-refractivity contribution in [3.05, 3.63) is 94.8 Å². The Morgan fingerprint density at radius 3 is 2.59 bits per heavy atom. The highest BCUT2D eigenvalue weighted by molar-refractivity contribution is 6.30. The zero-order valence-corrected chi connectivity index (χ0v) is 18.8. The molecule has 4 aromatic rings. The fourth-order valence-electron chi connectivity index (χ4n) is 3.69. The molecule has 0 saturated carbocycles. The highest BCUT2D eigenvalue weighted by Gasteiger charge is 2.11. The molecular formula is C26H26ClN3O2. The average molecular weight is 448 g/mol. The number of halogens is 1. The zero-order chi connectivity index (χ0) is 22.3. The van der Waals surface area contributed by atoms with Crippen molar-refractivity contribution in [2.24, 2.45) is 0 Å². The minimum Gasteiger partial charge on any atom is -0.491 e. The van der Waals surface area contributed by atoms with Gasteiger partial charge in [0.15, 0.2) is 0 Å². The number of carbonyl (C=O) groups is 1. The normalized spacial score (nSPS) is 10.9. The first kappa shape index (κ1) is 21.9. The van der Waals surface area contributed by atoms with Crippen molar-refractivity contribution in [3.63, 3.8) is 0 Å². The molecule has 0 bridgehead atoms. The molecule has 1 aromatic heterocycles. The first-order chi connectivity index (χ1) is 15.6. The molecular weight excluding hydrogens is 422 g/mol. The number of aryl methyl sites for hydroxylation is 1. The zero-order valence-electron chi connectivity index (χ0n) is 18.1. The van der Waals surface area contributed by atoms with Gasteiger partial charge in [0.05, 0.1) is 24.0 Å². The first-order valence-corrected chi connectivity index (χ1v) is 11.1. The predicted molar refractivity (Wildman–Crippen MR) is 128 cm³/mol. The molecule has 6 heteroatoms. The smallest absolute Gasteiger partial charge is 0.224 e. The summed E-state index contributed by atoms with van der Waals surface area (Å²) in [6, 6.07) is 23.4. The van der Waals surface area contributed by atoms with Crippen LogP contribution in [0.25, 0.3) is 11.0 Å². The van der Waals surface area contributed by atoms with Crippen LogP contribution in [0, 0.1) is 6.92 Å². The Morgan fingerprint density at radius 2 is 1.78 bits per heavy atom. The van der Waals surface area contributed by atoms with E-state index in [0.717, 1.165) is 33.7 Å². The minimum atomic E-state index is -0.0159. The lowest BCUT2D eigenvalue weighted by atomic mass is 10.1. The van der Waals surface area contributed by atoms with Crippen LogP contribution in [0.1, 0.15) is 17.0 Å². The number of carbonyl (C=O) groups excluding carboxylic acids is 1. The molecule has 3 aromatic carbocycles. The van der Waals surface area contributed by atoms with Crippen molar-refractivity contribution < 1.29 is 9.53 Å². The van der Waals surface area contributed by atoms with Crippen molar-refractivity contribution >= 4 is 28.5 Å². The van der Waals surface area contributed by atoms with Crippen LogP contribution in [0.3, 0.4) is 0 Å². The number of amides is 1. The predicted octanol–water partition coefficient (Wildman–Crippen LogP) is 4.98. The van der Waals surface area contributed by atoms with Gasteiger partial charge in [-0.25, -0.2) is 4.98 Å². The Balaban J connectivity index is 1.38. The summed E-state index contributed by atoms with van der Waals surface area (Å²) in [5.74, 6) is 1.82. The molecule has 0 aliphatic carbocycles. The quantitative estimate of drug-likeness (QED) is 0.393. The molecule has 0 aliphatic rings. The molecule has 0 saturated heterocycles. The van der Waals surface area contributed by atoms with Gasteiger partial charge >= 0.3 is 0 Å². The third-order valence-corrected chi connectivity index (χ3v) is 5.60. The van der Waals surface area contributed by atoms with Gasteiger partial charge in [0, 0.05) is 18.0 Å². The summed E-state index contributed by atoms with van der Waals surface area (Å²) in [4.78, 5) is 17.1. The van der Waals surface area contributed by atoms with Crippen LogP contribution in [0.5, 0.6) is 5.75 Å². The van der Waals surface area contributed by atoms with Crippen LogP contribution in [0.4, 0.5) is 0 Å². The van der Waals surface area contributed by atoms with Gasteiger partial charge in [0.1, 0.15) is 18.2 Å². The van der Waals surface area contributed by atoms with Crippen LogP contribution < -0.4 is 10.1 Å². The number of hydrogen-bond acceptors (Lipinski definition) is 3. The van der Waals surface area contributed by atoms with Gasteiger partial charge in [-0.2, -0.15) is 0 Å². The number of ether oxygens (including phenoxy) is 1. The first-order valence-electron chi connectivity index (χ1n) is 10.7. The maximum absolute atomic E-state index is 12.3. The van der Waals surface area contributed by atoms with Gasteiger partial charge in [0.2, 0.25) is 5.91 Å². The van der Waals surface area contributed by atoms with E-state index in [0.29, 0.717) is 37.6 Å². The standard InChI is InChI=1S/C26H26ClN3O2/c1-19-6-2-5-9-24(19)32-17-16-30-23-8-4-3-7-22(23)29-25(30)14-15-28-26(31)18-20-10-12-21(27)13-11-20/h2-13H,14-18H2,1H3,(H,28,31). The second-order valence-corrected chi connectivity index (χ2v) is 8.12. The summed E-state index contributed by atoms with van der Waals surface area (Å²) >= 11 is 5.91. The van der Waals surface area contributed by atoms with E-state index in [-0.39, 0.29) is 5.91 Å². The average Bonchev–Trinajstić information content (AvgIpc) is 3.14. The van der Waals surface area contributed by atoms with E-state index in [9.17, 15) is 4.79 Å². The van der Waals surface area contributed by atoms with Gasteiger partial charge in [0.25, 0.3) is 0 Å². The Bertz CT molecular complexity index is 1200. The lowest BCUT2D eigenvalue weighted by Crippen LogP contribution is -2.28. The Hall–Kier alpha value is -3.31. The van der Waals surface area contributed by atoms with Gasteiger partial charge in [-0.3, -0.25) is 4.79 Å². The SMILES string of the molecule is Cc1ccccc1OCCn1c(CCNC(=O)Cc2ccc(Cl)cc2)nc2ccccc21. The third kappa shape index (κ3) is 5.48. The van der Waals surface area contributed by atoms with E-state index in [1.807, 2.05) is 61.5 Å². The maximum atomic E-state index is 12.3. The topological polar surface area (TPSA) is 56.1 Å². The molecule has 0 unspecified atom stereocenters. The number of nitrogens with zero attached hydrogens (tertiary/aromatic N) is 2. The lowest BCUT2D eigenvalue weighted by Gasteiger charge is -2.12. The van der Waals surface area contributed by atoms with Crippen molar-refractivity contribution in [2.75, 3.05) is 13.2 Å². The summed E-state index contributed by atoms with van der Waals surface area (Å²) < 4.78 is 8.18. The van der Waals surface area contributed by atoms with Crippen molar-refractivity contribution in [1.82, 2.24) is 14.9 Å². The molecule has 0 radical (unpaired) electrons. The van der Waals surface area contributed by atoms with E-state index < -0.39 is 0 Å². The summed E-state index contributed by atoms with van der Waals surface area (Å²) in [5, 5.41) is 3.66. The van der Waals surface area contributed by atoms with Crippen LogP contribution in [0.2, 0.25) is 5.02 Å². The molecule has 0 aliphatic heterocycles. The molecule has 5 nitrogen and oxygen atoms in total. The van der Waals surface area contributed by atoms with Crippen LogP contribution in [-0.2, 0) is 24.2 Å².